The molecule has 2 amide bonds. The van der Waals surface area contributed by atoms with Gasteiger partial charge in [0.05, 0.1) is 13.0 Å². The summed E-state index contributed by atoms with van der Waals surface area (Å²) < 4.78 is 4.90. The summed E-state index contributed by atoms with van der Waals surface area (Å²) in [6.07, 6.45) is -0.0939. The minimum atomic E-state index is -0.345. The summed E-state index contributed by atoms with van der Waals surface area (Å²) in [6, 6.07) is 14.3. The number of carbonyl (C=O) groups excluding carboxylic acids is 2. The second-order valence-electron chi connectivity index (χ2n) is 5.17. The molecular formula is C17H15ClN2O3. The Balaban J connectivity index is 1.61. The maximum absolute atomic E-state index is 12.0. The lowest BCUT2D eigenvalue weighted by molar-refractivity contribution is -0.115. The van der Waals surface area contributed by atoms with Crippen LogP contribution < -0.4 is 10.2 Å². The van der Waals surface area contributed by atoms with E-state index >= 15 is 0 Å². The molecule has 118 valence electrons. The molecule has 6 heteroatoms. The van der Waals surface area contributed by atoms with E-state index < -0.39 is 0 Å². The van der Waals surface area contributed by atoms with Crippen LogP contribution in [0.15, 0.2) is 48.5 Å². The van der Waals surface area contributed by atoms with Crippen LogP contribution >= 0.6 is 11.6 Å². The van der Waals surface area contributed by atoms with Gasteiger partial charge >= 0.3 is 6.09 Å². The topological polar surface area (TPSA) is 58.6 Å². The molecule has 0 bridgehead atoms. The van der Waals surface area contributed by atoms with Crippen LogP contribution in [0.3, 0.4) is 0 Å². The highest BCUT2D eigenvalue weighted by Gasteiger charge is 2.23. The summed E-state index contributed by atoms with van der Waals surface area (Å²) in [5, 5.41) is 3.43. The van der Waals surface area contributed by atoms with Crippen molar-refractivity contribution in [2.24, 2.45) is 0 Å². The van der Waals surface area contributed by atoms with E-state index in [4.69, 9.17) is 16.3 Å². The van der Waals surface area contributed by atoms with Crippen molar-refractivity contribution in [3.63, 3.8) is 0 Å². The van der Waals surface area contributed by atoms with E-state index in [9.17, 15) is 9.59 Å². The van der Waals surface area contributed by atoms with Crippen LogP contribution in [0.25, 0.3) is 0 Å². The molecule has 2 aromatic carbocycles. The lowest BCUT2D eigenvalue weighted by atomic mass is 10.1. The van der Waals surface area contributed by atoms with Gasteiger partial charge in [0, 0.05) is 16.4 Å². The predicted molar refractivity (Wildman–Crippen MR) is 88.9 cm³/mol. The third-order valence-corrected chi connectivity index (χ3v) is 3.71. The highest BCUT2D eigenvalue weighted by atomic mass is 35.5. The fourth-order valence-corrected chi connectivity index (χ4v) is 2.60. The molecule has 5 nitrogen and oxygen atoms in total. The summed E-state index contributed by atoms with van der Waals surface area (Å²) in [5.74, 6) is -0.124. The molecule has 0 unspecified atom stereocenters. The van der Waals surface area contributed by atoms with Crippen LogP contribution in [0.5, 0.6) is 0 Å². The van der Waals surface area contributed by atoms with Gasteiger partial charge in [-0.05, 0) is 42.0 Å². The molecule has 0 saturated carbocycles. The maximum atomic E-state index is 12.0. The van der Waals surface area contributed by atoms with Gasteiger partial charge in [0.15, 0.2) is 0 Å². The van der Waals surface area contributed by atoms with Crippen LogP contribution in [0, 0.1) is 0 Å². The molecule has 0 atom stereocenters. The first-order valence-corrected chi connectivity index (χ1v) is 7.58. The number of hydrogen-bond donors (Lipinski definition) is 1. The van der Waals surface area contributed by atoms with E-state index in [1.165, 1.54) is 0 Å². The Hall–Kier alpha value is -2.53. The molecule has 2 aromatic rings. The van der Waals surface area contributed by atoms with Crippen molar-refractivity contribution in [1.82, 2.24) is 0 Å². The Kier molecular flexibility index (Phi) is 4.48. The zero-order valence-electron chi connectivity index (χ0n) is 12.3. The molecule has 0 aliphatic carbocycles. The average Bonchev–Trinajstić information content (AvgIpc) is 2.94. The highest BCUT2D eigenvalue weighted by Crippen LogP contribution is 2.21. The number of hydrogen-bond acceptors (Lipinski definition) is 3. The molecular weight excluding hydrogens is 316 g/mol. The van der Waals surface area contributed by atoms with Gasteiger partial charge in [-0.25, -0.2) is 4.79 Å². The number of benzene rings is 2. The van der Waals surface area contributed by atoms with Gasteiger partial charge in [0.25, 0.3) is 0 Å². The Morgan fingerprint density at radius 2 is 2.00 bits per heavy atom. The van der Waals surface area contributed by atoms with Gasteiger partial charge in [-0.15, -0.1) is 0 Å². The fourth-order valence-electron chi connectivity index (χ4n) is 2.39. The number of anilines is 2. The van der Waals surface area contributed by atoms with E-state index in [-0.39, 0.29) is 18.4 Å². The number of halogens is 1. The van der Waals surface area contributed by atoms with Crippen molar-refractivity contribution in [3.8, 4) is 0 Å². The molecule has 1 saturated heterocycles. The third-order valence-electron chi connectivity index (χ3n) is 3.48. The Bertz CT molecular complexity index is 731. The van der Waals surface area contributed by atoms with E-state index in [0.717, 1.165) is 11.3 Å². The van der Waals surface area contributed by atoms with E-state index in [2.05, 4.69) is 5.32 Å². The van der Waals surface area contributed by atoms with E-state index in [0.29, 0.717) is 23.9 Å². The van der Waals surface area contributed by atoms with E-state index in [1.807, 2.05) is 12.1 Å². The number of nitrogens with zero attached hydrogens (tertiary/aromatic N) is 1. The highest BCUT2D eigenvalue weighted by molar-refractivity contribution is 6.30. The minimum Gasteiger partial charge on any atom is -0.447 e. The quantitative estimate of drug-likeness (QED) is 0.933. The van der Waals surface area contributed by atoms with Crippen LogP contribution in [-0.2, 0) is 16.0 Å². The molecule has 1 aliphatic heterocycles. The summed E-state index contributed by atoms with van der Waals surface area (Å²) >= 11 is 5.91. The second kappa shape index (κ2) is 6.71. The first-order chi connectivity index (χ1) is 11.1. The second-order valence-corrected chi connectivity index (χ2v) is 5.60. The lowest BCUT2D eigenvalue weighted by Crippen LogP contribution is -2.23. The SMILES string of the molecule is O=C(Cc1cccc(Cl)c1)Nc1ccc(N2CCOC2=O)cc1. The molecule has 1 aliphatic rings. The molecule has 0 spiro atoms. The number of rotatable bonds is 4. The van der Waals surface area contributed by atoms with Gasteiger partial charge in [0.1, 0.15) is 6.61 Å². The van der Waals surface area contributed by atoms with Crippen molar-refractivity contribution < 1.29 is 14.3 Å². The minimum absolute atomic E-state index is 0.124. The molecule has 1 N–H and O–H groups in total. The van der Waals surface area contributed by atoms with Crippen LogP contribution in [0.1, 0.15) is 5.56 Å². The van der Waals surface area contributed by atoms with Crippen LogP contribution in [0.2, 0.25) is 5.02 Å². The smallest absolute Gasteiger partial charge is 0.414 e. The zero-order valence-corrected chi connectivity index (χ0v) is 13.0. The van der Waals surface area contributed by atoms with Crippen molar-refractivity contribution in [2.45, 2.75) is 6.42 Å². The standard InChI is InChI=1S/C17H15ClN2O3/c18-13-3-1-2-12(10-13)11-16(21)19-14-4-6-15(7-5-14)20-8-9-23-17(20)22/h1-7,10H,8-9,11H2,(H,19,21). The average molecular weight is 331 g/mol. The zero-order chi connectivity index (χ0) is 16.2. The normalized spacial score (nSPS) is 13.8. The number of ether oxygens (including phenoxy) is 1. The fraction of sp³-hybridized carbons (Fsp3) is 0.176. The molecule has 0 radical (unpaired) electrons. The summed E-state index contributed by atoms with van der Waals surface area (Å²) in [7, 11) is 0. The van der Waals surface area contributed by atoms with Gasteiger partial charge < -0.3 is 10.1 Å². The van der Waals surface area contributed by atoms with Crippen molar-refractivity contribution in [2.75, 3.05) is 23.4 Å². The Morgan fingerprint density at radius 3 is 2.65 bits per heavy atom. The third kappa shape index (κ3) is 3.81. The molecule has 1 heterocycles. The summed E-state index contributed by atoms with van der Waals surface area (Å²) in [4.78, 5) is 25.1. The van der Waals surface area contributed by atoms with Crippen molar-refractivity contribution >= 4 is 35.0 Å². The van der Waals surface area contributed by atoms with Gasteiger partial charge in [-0.2, -0.15) is 0 Å². The summed E-state index contributed by atoms with van der Waals surface area (Å²) in [5.41, 5.74) is 2.28. The van der Waals surface area contributed by atoms with Gasteiger partial charge in [-0.1, -0.05) is 23.7 Å². The molecule has 0 aromatic heterocycles. The van der Waals surface area contributed by atoms with Crippen LogP contribution in [-0.4, -0.2) is 25.2 Å². The lowest BCUT2D eigenvalue weighted by Gasteiger charge is -2.13. The molecule has 1 fully saturated rings. The first kappa shape index (κ1) is 15.4. The van der Waals surface area contributed by atoms with Gasteiger partial charge in [0.2, 0.25) is 5.91 Å². The number of carbonyl (C=O) groups is 2. The Morgan fingerprint density at radius 1 is 1.22 bits per heavy atom. The van der Waals surface area contributed by atoms with Crippen molar-refractivity contribution in [1.29, 1.82) is 0 Å². The van der Waals surface area contributed by atoms with E-state index in [1.54, 1.807) is 41.3 Å². The predicted octanol–water partition coefficient (Wildman–Crippen LogP) is 3.48. The maximum Gasteiger partial charge on any atom is 0.414 e. The monoisotopic (exact) mass is 330 g/mol. The Labute approximate surface area is 138 Å². The molecule has 23 heavy (non-hydrogen) atoms. The number of nitrogens with one attached hydrogen (secondary N) is 1. The van der Waals surface area contributed by atoms with Gasteiger partial charge in [-0.3, -0.25) is 9.69 Å². The van der Waals surface area contributed by atoms with Crippen LogP contribution in [0.4, 0.5) is 16.2 Å². The molecule has 3 rings (SSSR count). The summed E-state index contributed by atoms with van der Waals surface area (Å²) in [6.45, 7) is 0.941. The first-order valence-electron chi connectivity index (χ1n) is 7.20. The van der Waals surface area contributed by atoms with Crippen molar-refractivity contribution in [3.05, 3.63) is 59.1 Å². The number of amides is 2. The largest absolute Gasteiger partial charge is 0.447 e. The number of cyclic esters (lactones) is 1.